The van der Waals surface area contributed by atoms with Gasteiger partial charge in [0.15, 0.2) is 17.6 Å². The van der Waals surface area contributed by atoms with Crippen LogP contribution in [0.5, 0.6) is 0 Å². The number of nitrogens with zero attached hydrogens (tertiary/aromatic N) is 3. The lowest BCUT2D eigenvalue weighted by molar-refractivity contribution is 0.612. The molecule has 1 fully saturated rings. The maximum absolute atomic E-state index is 13.9. The summed E-state index contributed by atoms with van der Waals surface area (Å²) in [5, 5.41) is 6.66. The summed E-state index contributed by atoms with van der Waals surface area (Å²) in [4.78, 5) is 10.6. The van der Waals surface area contributed by atoms with E-state index in [0.29, 0.717) is 31.4 Å². The van der Waals surface area contributed by atoms with Gasteiger partial charge in [-0.2, -0.15) is 0 Å². The van der Waals surface area contributed by atoms with Crippen LogP contribution in [0.2, 0.25) is 5.02 Å². The first-order valence-corrected chi connectivity index (χ1v) is 9.29. The molecule has 2 aromatic rings. The summed E-state index contributed by atoms with van der Waals surface area (Å²) in [6, 6.07) is 7.70. The van der Waals surface area contributed by atoms with E-state index >= 15 is 0 Å². The lowest BCUT2D eigenvalue weighted by Crippen LogP contribution is -2.44. The predicted molar refractivity (Wildman–Crippen MR) is 104 cm³/mol. The molecule has 2 N–H and O–H groups in total. The number of guanidine groups is 1. The number of halogens is 3. The van der Waals surface area contributed by atoms with Crippen LogP contribution in [0.4, 0.5) is 14.6 Å². The van der Waals surface area contributed by atoms with E-state index in [9.17, 15) is 8.78 Å². The smallest absolute Gasteiger partial charge is 0.191 e. The van der Waals surface area contributed by atoms with Crippen LogP contribution >= 0.6 is 11.6 Å². The zero-order valence-corrected chi connectivity index (χ0v) is 15.8. The van der Waals surface area contributed by atoms with E-state index in [-0.39, 0.29) is 16.9 Å². The minimum atomic E-state index is -0.442. The third kappa shape index (κ3) is 5.07. The topological polar surface area (TPSA) is 52.6 Å². The zero-order valence-electron chi connectivity index (χ0n) is 15.1. The molecule has 0 radical (unpaired) electrons. The van der Waals surface area contributed by atoms with Crippen LogP contribution in [-0.4, -0.2) is 36.6 Å². The van der Waals surface area contributed by atoms with Crippen LogP contribution in [0.15, 0.2) is 41.5 Å². The molecule has 8 heteroatoms. The van der Waals surface area contributed by atoms with Gasteiger partial charge in [0.1, 0.15) is 5.82 Å². The van der Waals surface area contributed by atoms with Crippen LogP contribution in [-0.2, 0) is 6.54 Å². The Hall–Kier alpha value is -2.41. The molecule has 0 bridgehead atoms. The van der Waals surface area contributed by atoms with Crippen molar-refractivity contribution in [3.8, 4) is 0 Å². The maximum Gasteiger partial charge on any atom is 0.191 e. The molecule has 1 aliphatic rings. The van der Waals surface area contributed by atoms with Crippen LogP contribution in [0.3, 0.4) is 0 Å². The Balaban J connectivity index is 1.62. The van der Waals surface area contributed by atoms with Gasteiger partial charge in [-0.15, -0.1) is 0 Å². The standard InChI is InChI=1S/C19H22ClF2N5/c1-2-23-19(25-11-13-5-6-16(21)15(20)10-13)26-14-7-9-27(12-14)18-17(22)4-3-8-24-18/h3-6,8,10,14H,2,7,9,11-12H2,1H3,(H2,23,25,26). The third-order valence-corrected chi connectivity index (χ3v) is 4.61. The monoisotopic (exact) mass is 393 g/mol. The fourth-order valence-corrected chi connectivity index (χ4v) is 3.21. The number of pyridine rings is 1. The van der Waals surface area contributed by atoms with Crippen LogP contribution in [0.25, 0.3) is 0 Å². The molecule has 1 saturated heterocycles. The molecule has 5 nitrogen and oxygen atoms in total. The first kappa shape index (κ1) is 19.4. The number of aliphatic imine (C=N–C) groups is 1. The lowest BCUT2D eigenvalue weighted by atomic mass is 10.2. The van der Waals surface area contributed by atoms with E-state index in [1.54, 1.807) is 24.4 Å². The van der Waals surface area contributed by atoms with E-state index in [2.05, 4.69) is 20.6 Å². The molecule has 27 heavy (non-hydrogen) atoms. The SMILES string of the molecule is CCNC(=NCc1ccc(F)c(Cl)c1)NC1CCN(c2ncccc2F)C1. The van der Waals surface area contributed by atoms with Crippen molar-refractivity contribution in [2.24, 2.45) is 4.99 Å². The van der Waals surface area contributed by atoms with Crippen molar-refractivity contribution in [1.82, 2.24) is 15.6 Å². The Morgan fingerprint density at radius 3 is 2.93 bits per heavy atom. The zero-order chi connectivity index (χ0) is 19.2. The molecule has 0 saturated carbocycles. The predicted octanol–water partition coefficient (Wildman–Crippen LogP) is 3.35. The highest BCUT2D eigenvalue weighted by atomic mass is 35.5. The van der Waals surface area contributed by atoms with Gasteiger partial charge in [0.2, 0.25) is 0 Å². The number of nitrogens with one attached hydrogen (secondary N) is 2. The largest absolute Gasteiger partial charge is 0.357 e. The van der Waals surface area contributed by atoms with Gasteiger partial charge in [0, 0.05) is 31.9 Å². The Morgan fingerprint density at radius 2 is 2.19 bits per heavy atom. The maximum atomic E-state index is 13.9. The number of hydrogen-bond acceptors (Lipinski definition) is 3. The fraction of sp³-hybridized carbons (Fsp3) is 0.368. The summed E-state index contributed by atoms with van der Waals surface area (Å²) in [5.74, 6) is 0.283. The van der Waals surface area contributed by atoms with Crippen molar-refractivity contribution in [2.75, 3.05) is 24.5 Å². The van der Waals surface area contributed by atoms with Gasteiger partial charge in [0.25, 0.3) is 0 Å². The number of rotatable bonds is 5. The molecule has 2 heterocycles. The molecular formula is C19H22ClF2N5. The summed E-state index contributed by atoms with van der Waals surface area (Å²) in [5.41, 5.74) is 0.821. The highest BCUT2D eigenvalue weighted by molar-refractivity contribution is 6.30. The first-order chi connectivity index (χ1) is 13.1. The summed E-state index contributed by atoms with van der Waals surface area (Å²) >= 11 is 5.82. The second kappa shape index (κ2) is 8.99. The minimum Gasteiger partial charge on any atom is -0.357 e. The van der Waals surface area contributed by atoms with E-state index < -0.39 is 5.82 Å². The normalized spacial score (nSPS) is 17.3. The molecule has 1 aromatic heterocycles. The van der Waals surface area contributed by atoms with Crippen molar-refractivity contribution >= 4 is 23.4 Å². The number of benzene rings is 1. The minimum absolute atomic E-state index is 0.0875. The van der Waals surface area contributed by atoms with Gasteiger partial charge >= 0.3 is 0 Å². The Labute approximate surface area is 162 Å². The Bertz CT molecular complexity index is 814. The van der Waals surface area contributed by atoms with Gasteiger partial charge in [-0.25, -0.2) is 18.8 Å². The molecule has 3 rings (SSSR count). The van der Waals surface area contributed by atoms with Crippen LogP contribution < -0.4 is 15.5 Å². The van der Waals surface area contributed by atoms with E-state index in [1.165, 1.54) is 12.1 Å². The summed E-state index contributed by atoms with van der Waals surface area (Å²) < 4.78 is 27.2. The van der Waals surface area contributed by atoms with Crippen molar-refractivity contribution < 1.29 is 8.78 Å². The molecule has 144 valence electrons. The van der Waals surface area contributed by atoms with Crippen LogP contribution in [0.1, 0.15) is 18.9 Å². The van der Waals surface area contributed by atoms with Crippen molar-refractivity contribution in [1.29, 1.82) is 0 Å². The van der Waals surface area contributed by atoms with Crippen molar-refractivity contribution in [3.05, 3.63) is 58.7 Å². The Kier molecular flexibility index (Phi) is 6.45. The Morgan fingerprint density at radius 1 is 1.33 bits per heavy atom. The highest BCUT2D eigenvalue weighted by Crippen LogP contribution is 2.21. The average molecular weight is 394 g/mol. The second-order valence-corrected chi connectivity index (χ2v) is 6.74. The van der Waals surface area contributed by atoms with Crippen molar-refractivity contribution in [2.45, 2.75) is 25.9 Å². The number of aromatic nitrogens is 1. The number of hydrogen-bond donors (Lipinski definition) is 2. The lowest BCUT2D eigenvalue weighted by Gasteiger charge is -2.20. The number of anilines is 1. The van der Waals surface area contributed by atoms with Crippen LogP contribution in [0, 0.1) is 11.6 Å². The van der Waals surface area contributed by atoms with Gasteiger partial charge in [0.05, 0.1) is 11.6 Å². The van der Waals surface area contributed by atoms with E-state index in [4.69, 9.17) is 11.6 Å². The highest BCUT2D eigenvalue weighted by Gasteiger charge is 2.25. The molecule has 0 amide bonds. The molecule has 1 aliphatic heterocycles. The first-order valence-electron chi connectivity index (χ1n) is 8.91. The summed E-state index contributed by atoms with van der Waals surface area (Å²) in [6.07, 6.45) is 2.45. The third-order valence-electron chi connectivity index (χ3n) is 4.32. The van der Waals surface area contributed by atoms with Crippen molar-refractivity contribution in [3.63, 3.8) is 0 Å². The fourth-order valence-electron chi connectivity index (χ4n) is 3.00. The quantitative estimate of drug-likeness (QED) is 0.604. The van der Waals surface area contributed by atoms with Gasteiger partial charge < -0.3 is 15.5 Å². The average Bonchev–Trinajstić information content (AvgIpc) is 3.11. The van der Waals surface area contributed by atoms with E-state index in [1.807, 2.05) is 11.8 Å². The van der Waals surface area contributed by atoms with E-state index in [0.717, 1.165) is 18.5 Å². The molecule has 0 aliphatic carbocycles. The van der Waals surface area contributed by atoms with Gasteiger partial charge in [-0.05, 0) is 43.2 Å². The second-order valence-electron chi connectivity index (χ2n) is 6.33. The van der Waals surface area contributed by atoms with Gasteiger partial charge in [-0.1, -0.05) is 17.7 Å². The summed E-state index contributed by atoms with van der Waals surface area (Å²) in [7, 11) is 0. The molecular weight excluding hydrogens is 372 g/mol. The summed E-state index contributed by atoms with van der Waals surface area (Å²) in [6.45, 7) is 4.43. The van der Waals surface area contributed by atoms with Gasteiger partial charge in [-0.3, -0.25) is 0 Å². The molecule has 1 atom stereocenters. The molecule has 1 aromatic carbocycles. The molecule has 1 unspecified atom stereocenters. The molecule has 0 spiro atoms.